The van der Waals surface area contributed by atoms with Gasteiger partial charge in [-0.3, -0.25) is 0 Å². The lowest BCUT2D eigenvalue weighted by atomic mass is 10.1. The summed E-state index contributed by atoms with van der Waals surface area (Å²) in [6, 6.07) is 0.124. The normalized spacial score (nSPS) is 23.2. The van der Waals surface area contributed by atoms with Crippen LogP contribution >= 0.6 is 0 Å². The van der Waals surface area contributed by atoms with E-state index in [1.165, 1.54) is 4.31 Å². The standard InChI is InChI=1S/C11H24N2O3S/c1-11-7-4-5-9-13(11)17(14,15)12(2)8-6-10-16-3/h11H,4-10H2,1-3H3. The molecule has 0 aromatic carbocycles. The number of ether oxygens (including phenoxy) is 1. The maximum absolute atomic E-state index is 12.3. The van der Waals surface area contributed by atoms with Crippen molar-refractivity contribution in [2.45, 2.75) is 38.6 Å². The van der Waals surface area contributed by atoms with E-state index in [1.807, 2.05) is 6.92 Å². The zero-order chi connectivity index (χ0) is 12.9. The highest BCUT2D eigenvalue weighted by atomic mass is 32.2. The third-order valence-electron chi connectivity index (χ3n) is 3.25. The average molecular weight is 264 g/mol. The lowest BCUT2D eigenvalue weighted by Gasteiger charge is -2.35. The Morgan fingerprint density at radius 3 is 2.71 bits per heavy atom. The van der Waals surface area contributed by atoms with Crippen molar-refractivity contribution in [3.8, 4) is 0 Å². The minimum Gasteiger partial charge on any atom is -0.385 e. The Kier molecular flexibility index (Phi) is 5.85. The van der Waals surface area contributed by atoms with E-state index in [0.29, 0.717) is 19.7 Å². The highest BCUT2D eigenvalue weighted by molar-refractivity contribution is 7.86. The molecule has 0 aliphatic carbocycles. The summed E-state index contributed by atoms with van der Waals surface area (Å²) < 4.78 is 32.6. The maximum Gasteiger partial charge on any atom is 0.281 e. The number of piperidine rings is 1. The van der Waals surface area contributed by atoms with Gasteiger partial charge in [-0.2, -0.15) is 17.0 Å². The van der Waals surface area contributed by atoms with Crippen LogP contribution in [0.25, 0.3) is 0 Å². The van der Waals surface area contributed by atoms with Gasteiger partial charge in [0.1, 0.15) is 0 Å². The second-order valence-corrected chi connectivity index (χ2v) is 6.62. The largest absolute Gasteiger partial charge is 0.385 e. The summed E-state index contributed by atoms with van der Waals surface area (Å²) in [5, 5.41) is 0. The molecule has 0 spiro atoms. The number of rotatable bonds is 6. The summed E-state index contributed by atoms with van der Waals surface area (Å²) in [4.78, 5) is 0. The molecule has 0 aromatic rings. The Morgan fingerprint density at radius 2 is 2.12 bits per heavy atom. The fourth-order valence-electron chi connectivity index (χ4n) is 2.14. The first-order valence-electron chi connectivity index (χ1n) is 6.22. The molecular formula is C11H24N2O3S. The van der Waals surface area contributed by atoms with Crippen LogP contribution in [-0.4, -0.2) is 56.9 Å². The Hall–Kier alpha value is -0.170. The number of hydrogen-bond donors (Lipinski definition) is 0. The van der Waals surface area contributed by atoms with Crippen molar-refractivity contribution in [3.63, 3.8) is 0 Å². The van der Waals surface area contributed by atoms with Gasteiger partial charge in [0.05, 0.1) is 0 Å². The summed E-state index contributed by atoms with van der Waals surface area (Å²) in [6.07, 6.45) is 3.79. The molecule has 0 saturated carbocycles. The molecule has 1 fully saturated rings. The molecule has 1 aliphatic rings. The van der Waals surface area contributed by atoms with Crippen molar-refractivity contribution < 1.29 is 13.2 Å². The summed E-state index contributed by atoms with van der Waals surface area (Å²) >= 11 is 0. The van der Waals surface area contributed by atoms with E-state index in [1.54, 1.807) is 18.5 Å². The molecular weight excluding hydrogens is 240 g/mol. The SMILES string of the molecule is COCCCN(C)S(=O)(=O)N1CCCCC1C. The van der Waals surface area contributed by atoms with Gasteiger partial charge < -0.3 is 4.74 Å². The number of nitrogens with zero attached hydrogens (tertiary/aromatic N) is 2. The molecule has 0 radical (unpaired) electrons. The van der Waals surface area contributed by atoms with Crippen molar-refractivity contribution in [2.75, 3.05) is 33.9 Å². The number of hydrogen-bond acceptors (Lipinski definition) is 3. The Morgan fingerprint density at radius 1 is 1.41 bits per heavy atom. The number of methoxy groups -OCH3 is 1. The Labute approximate surface area is 105 Å². The molecule has 0 N–H and O–H groups in total. The molecule has 1 atom stereocenters. The van der Waals surface area contributed by atoms with E-state index in [0.717, 1.165) is 25.7 Å². The molecule has 1 saturated heterocycles. The second kappa shape index (κ2) is 6.68. The van der Waals surface area contributed by atoms with Crippen molar-refractivity contribution in [3.05, 3.63) is 0 Å². The van der Waals surface area contributed by atoms with E-state index in [9.17, 15) is 8.42 Å². The highest BCUT2D eigenvalue weighted by Gasteiger charge is 2.32. The van der Waals surface area contributed by atoms with Gasteiger partial charge in [-0.15, -0.1) is 0 Å². The van der Waals surface area contributed by atoms with E-state index in [2.05, 4.69) is 0 Å². The summed E-state index contributed by atoms with van der Waals surface area (Å²) in [7, 11) is -0.00922. The average Bonchev–Trinajstić information content (AvgIpc) is 2.29. The van der Waals surface area contributed by atoms with Crippen LogP contribution in [0.2, 0.25) is 0 Å². The Bertz CT molecular complexity index is 319. The van der Waals surface area contributed by atoms with Crippen molar-refractivity contribution in [2.24, 2.45) is 0 Å². The van der Waals surface area contributed by atoms with E-state index < -0.39 is 10.2 Å². The first-order chi connectivity index (χ1) is 8.00. The predicted molar refractivity (Wildman–Crippen MR) is 68.1 cm³/mol. The fraction of sp³-hybridized carbons (Fsp3) is 1.00. The van der Waals surface area contributed by atoms with Crippen LogP contribution in [0.1, 0.15) is 32.6 Å². The predicted octanol–water partition coefficient (Wildman–Crippen LogP) is 1.07. The van der Waals surface area contributed by atoms with Gasteiger partial charge in [-0.05, 0) is 26.2 Å². The van der Waals surface area contributed by atoms with E-state index in [4.69, 9.17) is 4.74 Å². The van der Waals surface area contributed by atoms with Crippen LogP contribution in [0.3, 0.4) is 0 Å². The molecule has 102 valence electrons. The quantitative estimate of drug-likeness (QED) is 0.674. The smallest absolute Gasteiger partial charge is 0.281 e. The monoisotopic (exact) mass is 264 g/mol. The molecule has 0 aromatic heterocycles. The van der Waals surface area contributed by atoms with Gasteiger partial charge in [-0.25, -0.2) is 0 Å². The third-order valence-corrected chi connectivity index (χ3v) is 5.36. The van der Waals surface area contributed by atoms with Crippen molar-refractivity contribution in [1.82, 2.24) is 8.61 Å². The highest BCUT2D eigenvalue weighted by Crippen LogP contribution is 2.21. The van der Waals surface area contributed by atoms with Crippen LogP contribution in [0.5, 0.6) is 0 Å². The van der Waals surface area contributed by atoms with Gasteiger partial charge in [0.2, 0.25) is 0 Å². The topological polar surface area (TPSA) is 49.9 Å². The summed E-state index contributed by atoms with van der Waals surface area (Å²) in [5.74, 6) is 0. The summed E-state index contributed by atoms with van der Waals surface area (Å²) in [6.45, 7) is 3.74. The molecule has 5 nitrogen and oxygen atoms in total. The first-order valence-corrected chi connectivity index (χ1v) is 7.62. The second-order valence-electron chi connectivity index (χ2n) is 4.63. The summed E-state index contributed by atoms with van der Waals surface area (Å²) in [5.41, 5.74) is 0. The van der Waals surface area contributed by atoms with Crippen LogP contribution in [0, 0.1) is 0 Å². The first kappa shape index (κ1) is 14.9. The molecule has 1 rings (SSSR count). The molecule has 1 aliphatic heterocycles. The van der Waals surface area contributed by atoms with Gasteiger partial charge >= 0.3 is 0 Å². The van der Waals surface area contributed by atoms with Crippen LogP contribution in [-0.2, 0) is 14.9 Å². The zero-order valence-corrected chi connectivity index (χ0v) is 11.9. The fourth-order valence-corrected chi connectivity index (χ4v) is 3.78. The molecule has 1 heterocycles. The van der Waals surface area contributed by atoms with Gasteiger partial charge in [0.15, 0.2) is 0 Å². The minimum absolute atomic E-state index is 0.124. The third kappa shape index (κ3) is 3.91. The van der Waals surface area contributed by atoms with Gasteiger partial charge in [-0.1, -0.05) is 6.42 Å². The van der Waals surface area contributed by atoms with E-state index >= 15 is 0 Å². The zero-order valence-electron chi connectivity index (χ0n) is 11.1. The van der Waals surface area contributed by atoms with E-state index in [-0.39, 0.29) is 6.04 Å². The molecule has 0 amide bonds. The molecule has 17 heavy (non-hydrogen) atoms. The lowest BCUT2D eigenvalue weighted by Crippen LogP contribution is -2.48. The van der Waals surface area contributed by atoms with Crippen LogP contribution in [0.4, 0.5) is 0 Å². The van der Waals surface area contributed by atoms with Crippen LogP contribution in [0.15, 0.2) is 0 Å². The molecule has 1 unspecified atom stereocenters. The van der Waals surface area contributed by atoms with Crippen molar-refractivity contribution in [1.29, 1.82) is 0 Å². The molecule has 6 heteroatoms. The molecule has 0 bridgehead atoms. The lowest BCUT2D eigenvalue weighted by molar-refractivity contribution is 0.187. The maximum atomic E-state index is 12.3. The minimum atomic E-state index is -3.28. The van der Waals surface area contributed by atoms with Gasteiger partial charge in [0, 0.05) is 39.9 Å². The van der Waals surface area contributed by atoms with Crippen LogP contribution < -0.4 is 0 Å². The van der Waals surface area contributed by atoms with Gasteiger partial charge in [0.25, 0.3) is 10.2 Å². The Balaban J connectivity index is 2.59. The van der Waals surface area contributed by atoms with Crippen molar-refractivity contribution >= 4 is 10.2 Å².